The third-order valence-electron chi connectivity index (χ3n) is 3.94. The Labute approximate surface area is 153 Å². The SMILES string of the molecule is Cc1nc2ccc(NC(=O)CCn3nc(Cl)c4ccccc43)cc2s1. The number of rotatable bonds is 4. The van der Waals surface area contributed by atoms with E-state index in [-0.39, 0.29) is 5.91 Å². The van der Waals surface area contributed by atoms with Gasteiger partial charge in [0, 0.05) is 17.5 Å². The number of nitrogens with one attached hydrogen (secondary N) is 1. The molecule has 4 rings (SSSR count). The van der Waals surface area contributed by atoms with Crippen LogP contribution in [0.2, 0.25) is 5.15 Å². The number of carbonyl (C=O) groups excluding carboxylic acids is 1. The van der Waals surface area contributed by atoms with Crippen molar-refractivity contribution in [2.45, 2.75) is 19.9 Å². The number of nitrogens with zero attached hydrogens (tertiary/aromatic N) is 3. The maximum atomic E-state index is 12.3. The zero-order chi connectivity index (χ0) is 17.4. The fourth-order valence-electron chi connectivity index (χ4n) is 2.81. The van der Waals surface area contributed by atoms with Crippen LogP contribution in [-0.4, -0.2) is 20.7 Å². The highest BCUT2D eigenvalue weighted by atomic mass is 35.5. The number of anilines is 1. The van der Waals surface area contributed by atoms with Crippen LogP contribution in [-0.2, 0) is 11.3 Å². The summed E-state index contributed by atoms with van der Waals surface area (Å²) in [6, 6.07) is 13.5. The van der Waals surface area contributed by atoms with Gasteiger partial charge in [-0.2, -0.15) is 5.10 Å². The highest BCUT2D eigenvalue weighted by Gasteiger charge is 2.10. The monoisotopic (exact) mass is 370 g/mol. The number of thiazole rings is 1. The van der Waals surface area contributed by atoms with Crippen LogP contribution in [0.3, 0.4) is 0 Å². The Hall–Kier alpha value is -2.44. The summed E-state index contributed by atoms with van der Waals surface area (Å²) >= 11 is 7.76. The number of aromatic nitrogens is 3. The first-order valence-electron chi connectivity index (χ1n) is 7.88. The molecular formula is C18H15ClN4OS. The Bertz CT molecular complexity index is 1090. The van der Waals surface area contributed by atoms with E-state index in [1.54, 1.807) is 16.0 Å². The first-order valence-corrected chi connectivity index (χ1v) is 9.08. The van der Waals surface area contributed by atoms with Gasteiger partial charge >= 0.3 is 0 Å². The van der Waals surface area contributed by atoms with Gasteiger partial charge in [-0.15, -0.1) is 11.3 Å². The molecule has 0 aliphatic rings. The Morgan fingerprint density at radius 2 is 2.12 bits per heavy atom. The summed E-state index contributed by atoms with van der Waals surface area (Å²) in [6.07, 6.45) is 0.321. The number of amides is 1. The number of fused-ring (bicyclic) bond motifs is 2. The van der Waals surface area contributed by atoms with Gasteiger partial charge in [-0.3, -0.25) is 9.48 Å². The molecule has 0 unspecified atom stereocenters. The maximum Gasteiger partial charge on any atom is 0.226 e. The Balaban J connectivity index is 1.46. The molecule has 0 fully saturated rings. The van der Waals surface area contributed by atoms with Gasteiger partial charge in [-0.05, 0) is 37.3 Å². The lowest BCUT2D eigenvalue weighted by atomic mass is 10.2. The van der Waals surface area contributed by atoms with Crippen LogP contribution >= 0.6 is 22.9 Å². The van der Waals surface area contributed by atoms with Crippen LogP contribution in [0.15, 0.2) is 42.5 Å². The summed E-state index contributed by atoms with van der Waals surface area (Å²) < 4.78 is 2.84. The quantitative estimate of drug-likeness (QED) is 0.569. The number of halogens is 1. The minimum absolute atomic E-state index is 0.0590. The van der Waals surface area contributed by atoms with Crippen molar-refractivity contribution in [2.24, 2.45) is 0 Å². The number of hydrogen-bond acceptors (Lipinski definition) is 4. The number of hydrogen-bond donors (Lipinski definition) is 1. The van der Waals surface area contributed by atoms with E-state index in [0.29, 0.717) is 18.1 Å². The van der Waals surface area contributed by atoms with Gasteiger partial charge < -0.3 is 5.32 Å². The van der Waals surface area contributed by atoms with Crippen LogP contribution < -0.4 is 5.32 Å². The molecule has 0 atom stereocenters. The standard InChI is InChI=1S/C18H15ClN4OS/c1-11-20-14-7-6-12(10-16(14)25-11)21-17(24)8-9-23-15-5-3-2-4-13(15)18(19)22-23/h2-7,10H,8-9H2,1H3,(H,21,24). The van der Waals surface area contributed by atoms with Crippen molar-refractivity contribution in [1.82, 2.24) is 14.8 Å². The lowest BCUT2D eigenvalue weighted by Gasteiger charge is -2.06. The third kappa shape index (κ3) is 3.23. The molecule has 0 saturated heterocycles. The number of benzene rings is 2. The van der Waals surface area contributed by atoms with Crippen molar-refractivity contribution in [3.05, 3.63) is 52.6 Å². The van der Waals surface area contributed by atoms with E-state index in [0.717, 1.165) is 31.8 Å². The summed E-state index contributed by atoms with van der Waals surface area (Å²) in [5.74, 6) is -0.0590. The van der Waals surface area contributed by atoms with Gasteiger partial charge in [-0.1, -0.05) is 23.7 Å². The molecule has 0 aliphatic carbocycles. The molecule has 2 aromatic heterocycles. The van der Waals surface area contributed by atoms with Crippen LogP contribution in [0, 0.1) is 6.92 Å². The predicted octanol–water partition coefficient (Wildman–Crippen LogP) is 4.64. The van der Waals surface area contributed by atoms with Gasteiger partial charge in [0.25, 0.3) is 0 Å². The topological polar surface area (TPSA) is 59.8 Å². The van der Waals surface area contributed by atoms with Crippen molar-refractivity contribution >= 4 is 55.7 Å². The second-order valence-electron chi connectivity index (χ2n) is 5.74. The van der Waals surface area contributed by atoms with E-state index in [2.05, 4.69) is 15.4 Å². The van der Waals surface area contributed by atoms with Crippen LogP contribution in [0.1, 0.15) is 11.4 Å². The Morgan fingerprint density at radius 1 is 1.28 bits per heavy atom. The van der Waals surface area contributed by atoms with Gasteiger partial charge in [0.2, 0.25) is 5.91 Å². The molecule has 0 radical (unpaired) electrons. The van der Waals surface area contributed by atoms with Gasteiger partial charge in [0.1, 0.15) is 0 Å². The number of carbonyl (C=O) groups is 1. The van der Waals surface area contributed by atoms with E-state index in [1.807, 2.05) is 49.4 Å². The van der Waals surface area contributed by atoms with E-state index >= 15 is 0 Å². The molecule has 2 aromatic carbocycles. The van der Waals surface area contributed by atoms with E-state index in [4.69, 9.17) is 11.6 Å². The van der Waals surface area contributed by atoms with Crippen molar-refractivity contribution in [3.63, 3.8) is 0 Å². The molecular weight excluding hydrogens is 356 g/mol. The van der Waals surface area contributed by atoms with Crippen LogP contribution in [0.25, 0.3) is 21.1 Å². The largest absolute Gasteiger partial charge is 0.326 e. The minimum Gasteiger partial charge on any atom is -0.326 e. The van der Waals surface area contributed by atoms with Crippen LogP contribution in [0.4, 0.5) is 5.69 Å². The minimum atomic E-state index is -0.0590. The van der Waals surface area contributed by atoms with Crippen molar-refractivity contribution in [2.75, 3.05) is 5.32 Å². The second kappa shape index (κ2) is 6.46. The first kappa shape index (κ1) is 16.1. The number of para-hydroxylation sites is 1. The van der Waals surface area contributed by atoms with Crippen molar-refractivity contribution in [1.29, 1.82) is 0 Å². The number of aryl methyl sites for hydroxylation is 2. The summed E-state index contributed by atoms with van der Waals surface area (Å²) in [5.41, 5.74) is 2.67. The van der Waals surface area contributed by atoms with Crippen molar-refractivity contribution < 1.29 is 4.79 Å². The van der Waals surface area contributed by atoms with Crippen molar-refractivity contribution in [3.8, 4) is 0 Å². The fraction of sp³-hybridized carbons (Fsp3) is 0.167. The molecule has 7 heteroatoms. The van der Waals surface area contributed by atoms with Gasteiger partial charge in [0.05, 0.1) is 27.3 Å². The Kier molecular flexibility index (Phi) is 4.15. The molecule has 0 aliphatic heterocycles. The smallest absolute Gasteiger partial charge is 0.226 e. The average Bonchev–Trinajstić information content (AvgIpc) is 3.12. The summed E-state index contributed by atoms with van der Waals surface area (Å²) in [7, 11) is 0. The summed E-state index contributed by atoms with van der Waals surface area (Å²) in [5, 5.41) is 9.62. The second-order valence-corrected chi connectivity index (χ2v) is 7.34. The highest BCUT2D eigenvalue weighted by molar-refractivity contribution is 7.18. The first-order chi connectivity index (χ1) is 12.1. The third-order valence-corrected chi connectivity index (χ3v) is 5.16. The van der Waals surface area contributed by atoms with Gasteiger partial charge in [-0.25, -0.2) is 4.98 Å². The molecule has 126 valence electrons. The highest BCUT2D eigenvalue weighted by Crippen LogP contribution is 2.25. The molecule has 0 bridgehead atoms. The van der Waals surface area contributed by atoms with E-state index in [1.165, 1.54) is 0 Å². The molecule has 2 heterocycles. The lowest BCUT2D eigenvalue weighted by molar-refractivity contribution is -0.116. The van der Waals surface area contributed by atoms with Crippen LogP contribution in [0.5, 0.6) is 0 Å². The molecule has 1 amide bonds. The summed E-state index contributed by atoms with van der Waals surface area (Å²) in [4.78, 5) is 16.7. The molecule has 5 nitrogen and oxygen atoms in total. The lowest BCUT2D eigenvalue weighted by Crippen LogP contribution is -2.14. The molecule has 4 aromatic rings. The molecule has 1 N–H and O–H groups in total. The molecule has 0 spiro atoms. The van der Waals surface area contributed by atoms with E-state index < -0.39 is 0 Å². The normalized spacial score (nSPS) is 11.3. The summed E-state index contributed by atoms with van der Waals surface area (Å²) in [6.45, 7) is 2.45. The fourth-order valence-corrected chi connectivity index (χ4v) is 3.92. The Morgan fingerprint density at radius 3 is 3.00 bits per heavy atom. The van der Waals surface area contributed by atoms with Gasteiger partial charge in [0.15, 0.2) is 5.15 Å². The molecule has 0 saturated carbocycles. The zero-order valence-corrected chi connectivity index (χ0v) is 15.1. The average molecular weight is 371 g/mol. The maximum absolute atomic E-state index is 12.3. The van der Waals surface area contributed by atoms with E-state index in [9.17, 15) is 4.79 Å². The predicted molar refractivity (Wildman–Crippen MR) is 102 cm³/mol. The molecule has 25 heavy (non-hydrogen) atoms. The zero-order valence-electron chi connectivity index (χ0n) is 13.5.